The number of benzene rings is 1. The van der Waals surface area contributed by atoms with Gasteiger partial charge in [0.2, 0.25) is 5.91 Å². The van der Waals surface area contributed by atoms with Crippen LogP contribution in [0.15, 0.2) is 24.4 Å². The van der Waals surface area contributed by atoms with Crippen LogP contribution in [0.4, 0.5) is 0 Å². The maximum absolute atomic E-state index is 12.3. The Morgan fingerprint density at radius 1 is 1.59 bits per heavy atom. The highest BCUT2D eigenvalue weighted by molar-refractivity contribution is 6.00. The minimum Gasteiger partial charge on any atom is -0.340 e. The molecule has 0 bridgehead atoms. The van der Waals surface area contributed by atoms with Crippen LogP contribution in [0, 0.1) is 11.3 Å². The molecule has 1 saturated heterocycles. The number of amides is 2. The van der Waals surface area contributed by atoms with Crippen molar-refractivity contribution in [2.75, 3.05) is 6.54 Å². The van der Waals surface area contributed by atoms with Gasteiger partial charge in [0.1, 0.15) is 12.6 Å². The predicted octanol–water partition coefficient (Wildman–Crippen LogP) is 0.806. The van der Waals surface area contributed by atoms with Crippen molar-refractivity contribution in [2.24, 2.45) is 0 Å². The van der Waals surface area contributed by atoms with Crippen molar-refractivity contribution in [3.8, 4) is 6.07 Å². The van der Waals surface area contributed by atoms with Crippen LogP contribution in [0.1, 0.15) is 23.7 Å². The summed E-state index contributed by atoms with van der Waals surface area (Å²) in [4.78, 5) is 26.0. The van der Waals surface area contributed by atoms with Crippen molar-refractivity contribution in [2.45, 2.75) is 25.4 Å². The number of carbonyl (C=O) groups is 2. The van der Waals surface area contributed by atoms with Gasteiger partial charge in [0.15, 0.2) is 0 Å². The largest absolute Gasteiger partial charge is 0.340 e. The molecule has 2 atom stereocenters. The van der Waals surface area contributed by atoms with Crippen LogP contribution in [-0.4, -0.2) is 45.5 Å². The summed E-state index contributed by atoms with van der Waals surface area (Å²) in [5.74, 6) is -0.501. The summed E-state index contributed by atoms with van der Waals surface area (Å²) in [7, 11) is 0. The summed E-state index contributed by atoms with van der Waals surface area (Å²) in [6.07, 6.45) is 2.16. The number of nitrogens with one attached hydrogen (secondary N) is 2. The minimum absolute atomic E-state index is 0.0474. The fourth-order valence-electron chi connectivity index (χ4n) is 2.74. The smallest absolute Gasteiger partial charge is 0.251 e. The van der Waals surface area contributed by atoms with Gasteiger partial charge in [-0.1, -0.05) is 0 Å². The summed E-state index contributed by atoms with van der Waals surface area (Å²) in [5, 5.41) is 19.1. The average Bonchev–Trinajstić information content (AvgIpc) is 3.07. The molecule has 1 aliphatic heterocycles. The Hall–Kier alpha value is -2.88. The zero-order valence-electron chi connectivity index (χ0n) is 12.0. The third-order valence-electron chi connectivity index (χ3n) is 3.94. The first kappa shape index (κ1) is 14.1. The van der Waals surface area contributed by atoms with Gasteiger partial charge in [-0.15, -0.1) is 0 Å². The Kier molecular flexibility index (Phi) is 3.51. The van der Waals surface area contributed by atoms with Gasteiger partial charge in [-0.05, 0) is 31.5 Å². The molecule has 22 heavy (non-hydrogen) atoms. The number of carbonyl (C=O) groups excluding carboxylic acids is 2. The fourth-order valence-corrected chi connectivity index (χ4v) is 2.74. The number of likely N-dealkylation sites (tertiary alicyclic amines) is 1. The Balaban J connectivity index is 1.74. The highest BCUT2D eigenvalue weighted by Gasteiger charge is 2.37. The minimum atomic E-state index is -0.573. The maximum Gasteiger partial charge on any atom is 0.251 e. The molecule has 1 aliphatic rings. The van der Waals surface area contributed by atoms with E-state index >= 15 is 0 Å². The van der Waals surface area contributed by atoms with Gasteiger partial charge in [-0.3, -0.25) is 14.7 Å². The molecule has 0 spiro atoms. The van der Waals surface area contributed by atoms with Gasteiger partial charge in [-0.2, -0.15) is 10.4 Å². The molecule has 0 aliphatic carbocycles. The molecular weight excluding hydrogens is 282 g/mol. The lowest BCUT2D eigenvalue weighted by molar-refractivity contribution is -0.129. The van der Waals surface area contributed by atoms with Crippen molar-refractivity contribution >= 4 is 22.7 Å². The summed E-state index contributed by atoms with van der Waals surface area (Å²) in [6, 6.07) is 6.54. The molecule has 0 saturated carbocycles. The molecule has 2 aromatic rings. The zero-order valence-corrected chi connectivity index (χ0v) is 12.0. The highest BCUT2D eigenvalue weighted by Crippen LogP contribution is 2.19. The third-order valence-corrected chi connectivity index (χ3v) is 3.94. The number of nitriles is 1. The number of aromatic nitrogens is 2. The van der Waals surface area contributed by atoms with Crippen LogP contribution in [0.25, 0.3) is 10.9 Å². The highest BCUT2D eigenvalue weighted by atomic mass is 16.2. The second kappa shape index (κ2) is 5.48. The topological polar surface area (TPSA) is 102 Å². The number of H-pyrrole nitrogens is 1. The lowest BCUT2D eigenvalue weighted by Gasteiger charge is -2.17. The van der Waals surface area contributed by atoms with E-state index in [0.29, 0.717) is 12.0 Å². The first-order valence-corrected chi connectivity index (χ1v) is 7.01. The van der Waals surface area contributed by atoms with Crippen LogP contribution in [-0.2, 0) is 4.79 Å². The van der Waals surface area contributed by atoms with Crippen LogP contribution >= 0.6 is 0 Å². The molecule has 1 fully saturated rings. The van der Waals surface area contributed by atoms with E-state index in [1.54, 1.807) is 24.4 Å². The Labute approximate surface area is 126 Å². The van der Waals surface area contributed by atoms with Crippen LogP contribution in [0.3, 0.4) is 0 Å². The van der Waals surface area contributed by atoms with E-state index in [4.69, 9.17) is 5.26 Å². The summed E-state index contributed by atoms with van der Waals surface area (Å²) in [5.41, 5.74) is 1.33. The van der Waals surface area contributed by atoms with Crippen molar-refractivity contribution in [3.05, 3.63) is 30.0 Å². The van der Waals surface area contributed by atoms with E-state index < -0.39 is 6.04 Å². The molecule has 2 unspecified atom stereocenters. The van der Waals surface area contributed by atoms with Crippen molar-refractivity contribution in [1.29, 1.82) is 5.26 Å². The lowest BCUT2D eigenvalue weighted by Crippen LogP contribution is -2.41. The van der Waals surface area contributed by atoms with E-state index in [1.807, 2.05) is 13.0 Å². The number of aromatic amines is 1. The van der Waals surface area contributed by atoms with E-state index in [0.717, 1.165) is 10.9 Å². The number of hydrogen-bond donors (Lipinski definition) is 2. The molecule has 2 heterocycles. The first-order valence-electron chi connectivity index (χ1n) is 7.01. The van der Waals surface area contributed by atoms with Crippen molar-refractivity contribution < 1.29 is 9.59 Å². The van der Waals surface area contributed by atoms with Crippen LogP contribution in [0.2, 0.25) is 0 Å². The zero-order chi connectivity index (χ0) is 15.7. The molecule has 1 aromatic carbocycles. The van der Waals surface area contributed by atoms with Gasteiger partial charge in [-0.25, -0.2) is 0 Å². The summed E-state index contributed by atoms with van der Waals surface area (Å²) < 4.78 is 0. The van der Waals surface area contributed by atoms with E-state index in [1.165, 1.54) is 4.90 Å². The fraction of sp³-hybridized carbons (Fsp3) is 0.333. The van der Waals surface area contributed by atoms with Gasteiger partial charge in [0.25, 0.3) is 5.91 Å². The van der Waals surface area contributed by atoms with Crippen LogP contribution < -0.4 is 5.32 Å². The quantitative estimate of drug-likeness (QED) is 0.818. The van der Waals surface area contributed by atoms with Gasteiger partial charge in [0.05, 0.1) is 17.8 Å². The maximum atomic E-state index is 12.3. The molecule has 2 amide bonds. The van der Waals surface area contributed by atoms with E-state index in [-0.39, 0.29) is 24.4 Å². The third kappa shape index (κ3) is 2.39. The molecule has 0 radical (unpaired) electrons. The van der Waals surface area contributed by atoms with Crippen molar-refractivity contribution in [3.63, 3.8) is 0 Å². The summed E-state index contributed by atoms with van der Waals surface area (Å²) in [6.45, 7) is 1.92. The molecule has 1 aromatic heterocycles. The second-order valence-electron chi connectivity index (χ2n) is 5.41. The molecule has 3 rings (SSSR count). The average molecular weight is 297 g/mol. The molecule has 2 N–H and O–H groups in total. The number of hydrogen-bond acceptors (Lipinski definition) is 4. The summed E-state index contributed by atoms with van der Waals surface area (Å²) >= 11 is 0. The predicted molar refractivity (Wildman–Crippen MR) is 78.8 cm³/mol. The second-order valence-corrected chi connectivity index (χ2v) is 5.41. The number of nitrogens with zero attached hydrogens (tertiary/aromatic N) is 3. The first-order chi connectivity index (χ1) is 10.6. The monoisotopic (exact) mass is 297 g/mol. The van der Waals surface area contributed by atoms with Crippen molar-refractivity contribution in [1.82, 2.24) is 20.4 Å². The standard InChI is InChI=1S/C15H15N5O2/c1-9-6-13(15(22)20(9)5-4-16)18-14(21)10-2-3-12-11(7-10)8-17-19-12/h2-3,7-9,13H,5-6H2,1H3,(H,17,19)(H,18,21). The van der Waals surface area contributed by atoms with Gasteiger partial charge in [0, 0.05) is 17.0 Å². The normalized spacial score (nSPS) is 21.1. The van der Waals surface area contributed by atoms with Gasteiger partial charge >= 0.3 is 0 Å². The molecule has 7 heteroatoms. The van der Waals surface area contributed by atoms with E-state index in [2.05, 4.69) is 15.5 Å². The number of rotatable bonds is 3. The number of fused-ring (bicyclic) bond motifs is 1. The van der Waals surface area contributed by atoms with E-state index in [9.17, 15) is 9.59 Å². The Morgan fingerprint density at radius 3 is 3.18 bits per heavy atom. The van der Waals surface area contributed by atoms with Gasteiger partial charge < -0.3 is 10.2 Å². The Bertz CT molecular complexity index is 776. The molecule has 7 nitrogen and oxygen atoms in total. The lowest BCUT2D eigenvalue weighted by atomic mass is 10.1. The van der Waals surface area contributed by atoms with Crippen LogP contribution in [0.5, 0.6) is 0 Å². The SMILES string of the molecule is CC1CC(NC(=O)c2ccc3[nH]ncc3c2)C(=O)N1CC#N. The Morgan fingerprint density at radius 2 is 2.41 bits per heavy atom. The molecular formula is C15H15N5O2. The molecule has 112 valence electrons.